The third-order valence-electron chi connectivity index (χ3n) is 8.46. The van der Waals surface area contributed by atoms with Crippen molar-refractivity contribution in [1.29, 1.82) is 0 Å². The van der Waals surface area contributed by atoms with Gasteiger partial charge in [0.25, 0.3) is 0 Å². The van der Waals surface area contributed by atoms with E-state index in [0.717, 1.165) is 51.0 Å². The molecule has 2 aromatic heterocycles. The summed E-state index contributed by atoms with van der Waals surface area (Å²) >= 11 is 0. The summed E-state index contributed by atoms with van der Waals surface area (Å²) in [5, 5.41) is 11.1. The molecule has 0 radical (unpaired) electrons. The molecule has 0 aliphatic heterocycles. The van der Waals surface area contributed by atoms with E-state index in [1.165, 1.54) is 16.7 Å². The van der Waals surface area contributed by atoms with Crippen LogP contribution in [-0.4, -0.2) is 19.6 Å². The molecule has 0 fully saturated rings. The monoisotopic (exact) mass is 779 g/mol. The molecule has 0 saturated heterocycles. The summed E-state index contributed by atoms with van der Waals surface area (Å²) in [7, 11) is 2.02. The third-order valence-corrected chi connectivity index (χ3v) is 8.46. The number of aromatic hydroxyl groups is 1. The Morgan fingerprint density at radius 3 is 2.17 bits per heavy atom. The van der Waals surface area contributed by atoms with Gasteiger partial charge in [0.2, 0.25) is 0 Å². The van der Waals surface area contributed by atoms with E-state index in [0.29, 0.717) is 17.3 Å². The van der Waals surface area contributed by atoms with Crippen molar-refractivity contribution in [2.75, 3.05) is 0 Å². The summed E-state index contributed by atoms with van der Waals surface area (Å²) in [6.07, 6.45) is 2.75. The van der Waals surface area contributed by atoms with Gasteiger partial charge in [0.15, 0.2) is 0 Å². The third kappa shape index (κ3) is 6.18. The van der Waals surface area contributed by atoms with Crippen LogP contribution in [0.5, 0.6) is 5.75 Å². The molecule has 0 aliphatic rings. The van der Waals surface area contributed by atoms with Crippen LogP contribution in [0, 0.1) is 6.07 Å². The number of rotatable bonds is 7. The van der Waals surface area contributed by atoms with Gasteiger partial charge in [-0.2, -0.15) is 0 Å². The smallest absolute Gasteiger partial charge is 0.143 e. The van der Waals surface area contributed by atoms with Gasteiger partial charge in [0, 0.05) is 40.0 Å². The second kappa shape index (κ2) is 13.3. The Balaban J connectivity index is 0.00000372. The molecule has 0 saturated carbocycles. The minimum atomic E-state index is 0. The number of aryl methyl sites for hydroxylation is 1. The molecule has 0 amide bonds. The van der Waals surface area contributed by atoms with Crippen LogP contribution in [0.4, 0.5) is 0 Å². The SMILES string of the molecule is CC(C)c1ccc(-c2[c-]c(-c3cc(Cc4ccccc4)cc4c3nc(-c3cc(-c5ccccc5)ccc3O)n4C)ccc2)nc1.[Pt]. The van der Waals surface area contributed by atoms with Gasteiger partial charge in [-0.3, -0.25) is 4.98 Å². The van der Waals surface area contributed by atoms with Gasteiger partial charge >= 0.3 is 0 Å². The summed E-state index contributed by atoms with van der Waals surface area (Å²) in [6.45, 7) is 4.35. The molecule has 0 unspecified atom stereocenters. The summed E-state index contributed by atoms with van der Waals surface area (Å²) in [4.78, 5) is 9.97. The van der Waals surface area contributed by atoms with Gasteiger partial charge in [-0.1, -0.05) is 110 Å². The standard InChI is InChI=1S/C41H34N3O.Pt/c1-27(2)34-17-19-37(42-26-34)33-16-10-15-32(24-33)35-22-29(21-28-11-6-4-7-12-28)23-38-40(35)43-41(44(38)3)36-25-31(18-20-39(36)45)30-13-8-5-9-14-30;/h4-20,22-23,25-27,45H,21H2,1-3H3;/q-1;. The number of pyridine rings is 1. The van der Waals surface area contributed by atoms with Crippen molar-refractivity contribution in [2.45, 2.75) is 26.2 Å². The first kappa shape index (κ1) is 31.2. The average molecular weight is 780 g/mol. The minimum Gasteiger partial charge on any atom is -0.507 e. The summed E-state index contributed by atoms with van der Waals surface area (Å²) in [6, 6.07) is 45.0. The molecular formula is C41H34N3OPt-. The molecule has 0 aliphatic carbocycles. The fourth-order valence-corrected chi connectivity index (χ4v) is 5.93. The van der Waals surface area contributed by atoms with Gasteiger partial charge in [0.1, 0.15) is 11.6 Å². The van der Waals surface area contributed by atoms with Gasteiger partial charge in [0.05, 0.1) is 16.6 Å². The number of aromatic nitrogens is 3. The molecule has 5 heteroatoms. The largest absolute Gasteiger partial charge is 0.507 e. The number of imidazole rings is 1. The van der Waals surface area contributed by atoms with E-state index in [1.807, 2.05) is 49.6 Å². The number of fused-ring (bicyclic) bond motifs is 1. The Kier molecular flexibility index (Phi) is 9.01. The molecule has 1 N–H and O–H groups in total. The maximum atomic E-state index is 11.1. The van der Waals surface area contributed by atoms with Crippen molar-refractivity contribution in [3.8, 4) is 50.6 Å². The van der Waals surface area contributed by atoms with E-state index in [1.54, 1.807) is 6.07 Å². The van der Waals surface area contributed by atoms with E-state index in [4.69, 9.17) is 9.97 Å². The number of nitrogens with zero attached hydrogens (tertiary/aromatic N) is 3. The van der Waals surface area contributed by atoms with Crippen molar-refractivity contribution in [3.63, 3.8) is 0 Å². The number of hydrogen-bond donors (Lipinski definition) is 1. The predicted molar refractivity (Wildman–Crippen MR) is 184 cm³/mol. The van der Waals surface area contributed by atoms with E-state index >= 15 is 0 Å². The Bertz CT molecular complexity index is 2120. The summed E-state index contributed by atoms with van der Waals surface area (Å²) < 4.78 is 2.09. The topological polar surface area (TPSA) is 50.9 Å². The van der Waals surface area contributed by atoms with Gasteiger partial charge in [-0.15, -0.1) is 29.8 Å². The Hall–Kier alpha value is -4.79. The van der Waals surface area contributed by atoms with Crippen LogP contribution in [-0.2, 0) is 34.5 Å². The zero-order chi connectivity index (χ0) is 30.9. The van der Waals surface area contributed by atoms with Crippen molar-refractivity contribution in [1.82, 2.24) is 14.5 Å². The van der Waals surface area contributed by atoms with Crippen LogP contribution >= 0.6 is 0 Å². The van der Waals surface area contributed by atoms with Gasteiger partial charge in [-0.05, 0) is 58.4 Å². The van der Waals surface area contributed by atoms with Crippen molar-refractivity contribution in [3.05, 3.63) is 150 Å². The summed E-state index contributed by atoms with van der Waals surface area (Å²) in [5.74, 6) is 1.33. The van der Waals surface area contributed by atoms with Crippen LogP contribution in [0.2, 0.25) is 0 Å². The van der Waals surface area contributed by atoms with Crippen molar-refractivity contribution in [2.24, 2.45) is 7.05 Å². The van der Waals surface area contributed by atoms with E-state index < -0.39 is 0 Å². The number of phenols is 1. The molecule has 230 valence electrons. The molecule has 5 aromatic carbocycles. The number of benzene rings is 5. The van der Waals surface area contributed by atoms with Crippen LogP contribution in [0.1, 0.15) is 36.5 Å². The first-order valence-electron chi connectivity index (χ1n) is 15.4. The molecule has 2 heterocycles. The maximum absolute atomic E-state index is 11.1. The van der Waals surface area contributed by atoms with Gasteiger partial charge < -0.3 is 9.67 Å². The minimum absolute atomic E-state index is 0. The first-order valence-corrected chi connectivity index (χ1v) is 15.4. The molecule has 0 spiro atoms. The van der Waals surface area contributed by atoms with Crippen LogP contribution in [0.25, 0.3) is 55.9 Å². The normalized spacial score (nSPS) is 11.1. The molecule has 46 heavy (non-hydrogen) atoms. The number of phenolic OH excluding ortho intramolecular Hbond substituents is 1. The van der Waals surface area contributed by atoms with Crippen LogP contribution in [0.3, 0.4) is 0 Å². The molecule has 0 atom stereocenters. The summed E-state index contributed by atoms with van der Waals surface area (Å²) in [5.41, 5.74) is 12.1. The van der Waals surface area contributed by atoms with Crippen LogP contribution < -0.4 is 0 Å². The predicted octanol–water partition coefficient (Wildman–Crippen LogP) is 9.85. The average Bonchev–Trinajstić information content (AvgIpc) is 3.41. The molecular weight excluding hydrogens is 746 g/mol. The van der Waals surface area contributed by atoms with E-state index in [9.17, 15) is 5.11 Å². The second-order valence-corrected chi connectivity index (χ2v) is 11.9. The van der Waals surface area contributed by atoms with Crippen molar-refractivity contribution >= 4 is 11.0 Å². The maximum Gasteiger partial charge on any atom is 0.143 e. The zero-order valence-corrected chi connectivity index (χ0v) is 28.3. The molecule has 7 rings (SSSR count). The first-order chi connectivity index (χ1) is 21.9. The Labute approximate surface area is 284 Å². The fraction of sp³-hybridized carbons (Fsp3) is 0.122. The van der Waals surface area contributed by atoms with Crippen molar-refractivity contribution < 1.29 is 26.2 Å². The molecule has 0 bridgehead atoms. The zero-order valence-electron chi connectivity index (χ0n) is 26.0. The van der Waals surface area contributed by atoms with Gasteiger partial charge in [-0.25, -0.2) is 4.98 Å². The quantitative estimate of drug-likeness (QED) is 0.164. The van der Waals surface area contributed by atoms with Crippen LogP contribution in [0.15, 0.2) is 128 Å². The van der Waals surface area contributed by atoms with E-state index in [2.05, 4.69) is 103 Å². The fourth-order valence-electron chi connectivity index (χ4n) is 5.93. The van der Waals surface area contributed by atoms with E-state index in [-0.39, 0.29) is 26.8 Å². The molecule has 4 nitrogen and oxygen atoms in total. The Morgan fingerprint density at radius 2 is 1.46 bits per heavy atom. The Morgan fingerprint density at radius 1 is 0.717 bits per heavy atom. The molecule has 7 aromatic rings. The number of hydrogen-bond acceptors (Lipinski definition) is 3. The second-order valence-electron chi connectivity index (χ2n) is 11.9.